The van der Waals surface area contributed by atoms with E-state index in [0.29, 0.717) is 16.9 Å². The Hall–Kier alpha value is -4.24. The van der Waals surface area contributed by atoms with E-state index < -0.39 is 0 Å². The highest BCUT2D eigenvalue weighted by Crippen LogP contribution is 2.35. The van der Waals surface area contributed by atoms with Gasteiger partial charge in [0.1, 0.15) is 11.3 Å². The average molecular weight is 377 g/mol. The number of H-pyrrole nitrogens is 1. The largest absolute Gasteiger partial charge is 0.307 e. The molecule has 0 saturated carbocycles. The summed E-state index contributed by atoms with van der Waals surface area (Å²) in [5.74, 6) is 0. The lowest BCUT2D eigenvalue weighted by Gasteiger charge is -2.14. The van der Waals surface area contributed by atoms with Crippen LogP contribution < -0.4 is 5.56 Å². The van der Waals surface area contributed by atoms with Gasteiger partial charge >= 0.3 is 0 Å². The summed E-state index contributed by atoms with van der Waals surface area (Å²) in [5, 5.41) is 10.3. The van der Waals surface area contributed by atoms with Gasteiger partial charge in [0.2, 0.25) is 5.56 Å². The Bertz CT molecular complexity index is 1500. The number of nitrogens with one attached hydrogen (secondary N) is 1. The summed E-state index contributed by atoms with van der Waals surface area (Å²) in [6.45, 7) is 1.91. The van der Waals surface area contributed by atoms with Crippen molar-refractivity contribution in [3.63, 3.8) is 0 Å². The molecule has 0 amide bonds. The van der Waals surface area contributed by atoms with E-state index in [-0.39, 0.29) is 5.56 Å². The smallest absolute Gasteiger partial charge is 0.249 e. The molecule has 0 bridgehead atoms. The number of hydrogen-bond acceptors (Lipinski definition) is 4. The summed E-state index contributed by atoms with van der Waals surface area (Å²) >= 11 is 0. The van der Waals surface area contributed by atoms with Crippen LogP contribution in [0, 0.1) is 18.3 Å². The first kappa shape index (κ1) is 16.9. The van der Waals surface area contributed by atoms with Crippen molar-refractivity contribution in [1.29, 1.82) is 5.26 Å². The molecule has 138 valence electrons. The summed E-state index contributed by atoms with van der Waals surface area (Å²) < 4.78 is 1.95. The summed E-state index contributed by atoms with van der Waals surface area (Å²) in [6, 6.07) is 17.1. The molecule has 29 heavy (non-hydrogen) atoms. The van der Waals surface area contributed by atoms with Gasteiger partial charge in [-0.05, 0) is 42.8 Å². The van der Waals surface area contributed by atoms with E-state index >= 15 is 0 Å². The second kappa shape index (κ2) is 6.43. The van der Waals surface area contributed by atoms with Gasteiger partial charge in [0.25, 0.3) is 0 Å². The lowest BCUT2D eigenvalue weighted by molar-refractivity contribution is 1.18. The Labute approximate surface area is 165 Å². The van der Waals surface area contributed by atoms with Gasteiger partial charge in [-0.1, -0.05) is 12.1 Å². The minimum absolute atomic E-state index is 0.203. The highest BCUT2D eigenvalue weighted by molar-refractivity contribution is 5.91. The van der Waals surface area contributed by atoms with Gasteiger partial charge in [0.15, 0.2) is 0 Å². The van der Waals surface area contributed by atoms with E-state index in [1.54, 1.807) is 18.3 Å². The van der Waals surface area contributed by atoms with Crippen molar-refractivity contribution in [2.24, 2.45) is 0 Å². The number of nitriles is 1. The van der Waals surface area contributed by atoms with Crippen molar-refractivity contribution in [3.05, 3.63) is 88.6 Å². The summed E-state index contributed by atoms with van der Waals surface area (Å²) in [5.41, 5.74) is 6.08. The van der Waals surface area contributed by atoms with Crippen LogP contribution in [0.5, 0.6) is 0 Å². The Morgan fingerprint density at radius 3 is 2.86 bits per heavy atom. The summed E-state index contributed by atoms with van der Waals surface area (Å²) in [4.78, 5) is 23.7. The van der Waals surface area contributed by atoms with Crippen LogP contribution >= 0.6 is 0 Å². The molecule has 0 aliphatic rings. The van der Waals surface area contributed by atoms with Crippen molar-refractivity contribution in [2.75, 3.05) is 0 Å². The van der Waals surface area contributed by atoms with Crippen LogP contribution in [0.1, 0.15) is 11.1 Å². The molecule has 0 spiro atoms. The highest BCUT2D eigenvalue weighted by Gasteiger charge is 2.16. The molecule has 5 aromatic rings. The Morgan fingerprint density at radius 1 is 1.10 bits per heavy atom. The van der Waals surface area contributed by atoms with Gasteiger partial charge in [-0.25, -0.2) is 9.97 Å². The molecule has 6 nitrogen and oxygen atoms in total. The summed E-state index contributed by atoms with van der Waals surface area (Å²) in [6.07, 6.45) is 5.65. The van der Waals surface area contributed by atoms with Gasteiger partial charge in [-0.15, -0.1) is 0 Å². The van der Waals surface area contributed by atoms with Gasteiger partial charge in [-0.3, -0.25) is 4.79 Å². The van der Waals surface area contributed by atoms with Crippen LogP contribution in [0.3, 0.4) is 0 Å². The number of aromatic nitrogens is 4. The zero-order valence-corrected chi connectivity index (χ0v) is 15.5. The molecule has 0 aliphatic heterocycles. The molecule has 0 fully saturated rings. The average Bonchev–Trinajstić information content (AvgIpc) is 3.21. The maximum atomic E-state index is 11.8. The third-order valence-corrected chi connectivity index (χ3v) is 5.12. The lowest BCUT2D eigenvalue weighted by atomic mass is 9.94. The van der Waals surface area contributed by atoms with Crippen molar-refractivity contribution in [2.45, 2.75) is 6.92 Å². The number of fused-ring (bicyclic) bond motifs is 2. The molecule has 0 aliphatic carbocycles. The predicted octanol–water partition coefficient (Wildman–Crippen LogP) is 4.08. The number of nitrogens with zero attached hydrogens (tertiary/aromatic N) is 4. The molecule has 4 aromatic heterocycles. The van der Waals surface area contributed by atoms with Crippen LogP contribution in [0.4, 0.5) is 0 Å². The van der Waals surface area contributed by atoms with Crippen LogP contribution in [-0.2, 0) is 0 Å². The van der Waals surface area contributed by atoms with Crippen LogP contribution in [0.15, 0.2) is 71.9 Å². The second-order valence-corrected chi connectivity index (χ2v) is 6.85. The van der Waals surface area contributed by atoms with Crippen molar-refractivity contribution >= 4 is 16.7 Å². The van der Waals surface area contributed by atoms with E-state index in [4.69, 9.17) is 4.98 Å². The number of aromatic amines is 1. The molecule has 0 unspecified atom stereocenters. The third kappa shape index (κ3) is 2.77. The number of imidazole rings is 1. The minimum Gasteiger partial charge on any atom is -0.307 e. The molecular formula is C23H15N5O. The zero-order chi connectivity index (χ0) is 20.0. The predicted molar refractivity (Wildman–Crippen MR) is 111 cm³/mol. The van der Waals surface area contributed by atoms with E-state index in [0.717, 1.165) is 33.3 Å². The lowest BCUT2D eigenvalue weighted by Crippen LogP contribution is -2.05. The fourth-order valence-corrected chi connectivity index (χ4v) is 3.60. The van der Waals surface area contributed by atoms with E-state index in [1.807, 2.05) is 54.0 Å². The standard InChI is InChI=1S/C23H15N5O/c1-14-16(12-24)3-2-4-18(14)22-19(11-15-6-8-21(29)26-23(15)27-22)17-5-7-20-25-9-10-28(20)13-17/h2-11,13H,1H3,(H,26,27,29). The second-order valence-electron chi connectivity index (χ2n) is 6.85. The van der Waals surface area contributed by atoms with Crippen LogP contribution in [0.2, 0.25) is 0 Å². The molecule has 0 atom stereocenters. The minimum atomic E-state index is -0.203. The Morgan fingerprint density at radius 2 is 2.00 bits per heavy atom. The van der Waals surface area contributed by atoms with E-state index in [2.05, 4.69) is 16.0 Å². The first-order chi connectivity index (χ1) is 14.1. The van der Waals surface area contributed by atoms with Gasteiger partial charge in [0, 0.05) is 46.7 Å². The highest BCUT2D eigenvalue weighted by atomic mass is 16.1. The number of benzene rings is 1. The first-order valence-corrected chi connectivity index (χ1v) is 9.11. The number of rotatable bonds is 2. The molecule has 5 rings (SSSR count). The SMILES string of the molecule is Cc1c(C#N)cccc1-c1nc2[nH]c(=O)ccc2cc1-c1ccc2nccn2c1. The molecular weight excluding hydrogens is 362 g/mol. The number of pyridine rings is 3. The maximum absolute atomic E-state index is 11.8. The number of hydrogen-bond donors (Lipinski definition) is 1. The molecule has 1 N–H and O–H groups in total. The zero-order valence-electron chi connectivity index (χ0n) is 15.5. The summed E-state index contributed by atoms with van der Waals surface area (Å²) in [7, 11) is 0. The fraction of sp³-hybridized carbons (Fsp3) is 0.0435. The third-order valence-electron chi connectivity index (χ3n) is 5.12. The molecule has 1 aromatic carbocycles. The first-order valence-electron chi connectivity index (χ1n) is 9.11. The molecule has 6 heteroatoms. The topological polar surface area (TPSA) is 86.8 Å². The monoisotopic (exact) mass is 377 g/mol. The van der Waals surface area contributed by atoms with E-state index in [9.17, 15) is 10.1 Å². The molecule has 4 heterocycles. The van der Waals surface area contributed by atoms with Crippen molar-refractivity contribution < 1.29 is 0 Å². The molecule has 0 saturated heterocycles. The maximum Gasteiger partial charge on any atom is 0.249 e. The fourth-order valence-electron chi connectivity index (χ4n) is 3.60. The van der Waals surface area contributed by atoms with Crippen molar-refractivity contribution in [3.8, 4) is 28.5 Å². The van der Waals surface area contributed by atoms with Crippen LogP contribution in [-0.4, -0.2) is 19.4 Å². The molecule has 0 radical (unpaired) electrons. The normalized spacial score (nSPS) is 11.0. The van der Waals surface area contributed by atoms with E-state index in [1.165, 1.54) is 6.07 Å². The van der Waals surface area contributed by atoms with Gasteiger partial charge in [-0.2, -0.15) is 5.26 Å². The Balaban J connectivity index is 1.86. The van der Waals surface area contributed by atoms with Gasteiger partial charge < -0.3 is 9.38 Å². The van der Waals surface area contributed by atoms with Crippen LogP contribution in [0.25, 0.3) is 39.1 Å². The quantitative estimate of drug-likeness (QED) is 0.502. The van der Waals surface area contributed by atoms with Gasteiger partial charge in [0.05, 0.1) is 17.3 Å². The van der Waals surface area contributed by atoms with Crippen molar-refractivity contribution in [1.82, 2.24) is 19.4 Å². The Kier molecular flexibility index (Phi) is 3.75.